The lowest BCUT2D eigenvalue weighted by Crippen LogP contribution is -1.89. The van der Waals surface area contributed by atoms with Gasteiger partial charge in [-0.05, 0) is 29.7 Å². The van der Waals surface area contributed by atoms with Gasteiger partial charge in [0, 0.05) is 17.0 Å². The lowest BCUT2D eigenvalue weighted by molar-refractivity contribution is 0.971. The van der Waals surface area contributed by atoms with Crippen molar-refractivity contribution in [3.63, 3.8) is 0 Å². The Hall–Kier alpha value is -1.58. The van der Waals surface area contributed by atoms with E-state index in [9.17, 15) is 0 Å². The molecule has 2 rings (SSSR count). The molecule has 4 nitrogen and oxygen atoms in total. The number of hydrogen-bond donors (Lipinski definition) is 1. The van der Waals surface area contributed by atoms with E-state index in [2.05, 4.69) is 15.4 Å². The molecule has 17 heavy (non-hydrogen) atoms. The summed E-state index contributed by atoms with van der Waals surface area (Å²) in [6, 6.07) is 7.32. The van der Waals surface area contributed by atoms with Gasteiger partial charge in [0.2, 0.25) is 0 Å². The number of nitriles is 1. The molecule has 2 aromatic rings. The van der Waals surface area contributed by atoms with Gasteiger partial charge in [-0.3, -0.25) is 0 Å². The maximum absolute atomic E-state index is 8.75. The predicted octanol–water partition coefficient (Wildman–Crippen LogP) is 2.71. The Morgan fingerprint density at radius 2 is 2.35 bits per heavy atom. The van der Waals surface area contributed by atoms with Crippen LogP contribution in [0, 0.1) is 11.3 Å². The number of nitrogens with zero attached hydrogens (tertiary/aromatic N) is 3. The van der Waals surface area contributed by atoms with E-state index in [0.29, 0.717) is 11.3 Å². The molecule has 86 valence electrons. The molecule has 0 unspecified atom stereocenters. The highest BCUT2D eigenvalue weighted by Gasteiger charge is 2.07. The molecule has 0 saturated carbocycles. The van der Waals surface area contributed by atoms with Gasteiger partial charge in [0.05, 0.1) is 11.6 Å². The monoisotopic (exact) mass is 262 g/mol. The van der Waals surface area contributed by atoms with Gasteiger partial charge in [-0.1, -0.05) is 18.7 Å². The zero-order valence-corrected chi connectivity index (χ0v) is 10.8. The van der Waals surface area contributed by atoms with Crippen molar-refractivity contribution in [3.8, 4) is 6.07 Å². The van der Waals surface area contributed by atoms with Crippen LogP contribution in [0.4, 0.5) is 5.69 Å². The van der Waals surface area contributed by atoms with E-state index in [4.69, 9.17) is 11.0 Å². The van der Waals surface area contributed by atoms with Crippen molar-refractivity contribution in [2.24, 2.45) is 0 Å². The number of benzene rings is 1. The average molecular weight is 262 g/mol. The summed E-state index contributed by atoms with van der Waals surface area (Å²) in [5, 5.41) is 8.75. The molecule has 6 heteroatoms. The summed E-state index contributed by atoms with van der Waals surface area (Å²) in [4.78, 5) is 5.26. The third-order valence-electron chi connectivity index (χ3n) is 2.10. The molecule has 2 N–H and O–H groups in total. The first-order chi connectivity index (χ1) is 8.22. The zero-order valence-electron chi connectivity index (χ0n) is 9.17. The van der Waals surface area contributed by atoms with Gasteiger partial charge < -0.3 is 5.73 Å². The van der Waals surface area contributed by atoms with Crippen LogP contribution in [0.5, 0.6) is 0 Å². The smallest absolute Gasteiger partial charge is 0.174 e. The summed E-state index contributed by atoms with van der Waals surface area (Å²) >= 11 is 2.85. The second-order valence-electron chi connectivity index (χ2n) is 3.30. The van der Waals surface area contributed by atoms with Crippen LogP contribution in [0.15, 0.2) is 27.4 Å². The first-order valence-corrected chi connectivity index (χ1v) is 6.62. The molecule has 1 aromatic heterocycles. The fourth-order valence-electron chi connectivity index (χ4n) is 1.23. The van der Waals surface area contributed by atoms with E-state index in [0.717, 1.165) is 21.5 Å². The standard InChI is InChI=1S/C11H10N4S2/c1-2-10-14-11(17-15-10)16-9-4-3-7(6-12)5-8(9)13/h3-5H,2,13H2,1H3. The van der Waals surface area contributed by atoms with Crippen molar-refractivity contribution in [1.29, 1.82) is 5.26 Å². The van der Waals surface area contributed by atoms with Crippen molar-refractivity contribution in [3.05, 3.63) is 29.6 Å². The first-order valence-electron chi connectivity index (χ1n) is 5.03. The second kappa shape index (κ2) is 5.17. The fourth-order valence-corrected chi connectivity index (χ4v) is 2.91. The maximum Gasteiger partial charge on any atom is 0.174 e. The van der Waals surface area contributed by atoms with Gasteiger partial charge in [-0.2, -0.15) is 9.64 Å². The van der Waals surface area contributed by atoms with E-state index in [1.807, 2.05) is 13.0 Å². The molecule has 0 fully saturated rings. The highest BCUT2D eigenvalue weighted by molar-refractivity contribution is 8.01. The van der Waals surface area contributed by atoms with Crippen LogP contribution in [0.3, 0.4) is 0 Å². The Kier molecular flexibility index (Phi) is 3.61. The van der Waals surface area contributed by atoms with Crippen molar-refractivity contribution in [2.75, 3.05) is 5.73 Å². The first kappa shape index (κ1) is 11.9. The molecule has 0 aliphatic carbocycles. The molecular weight excluding hydrogens is 252 g/mol. The molecule has 0 spiro atoms. The van der Waals surface area contributed by atoms with Crippen LogP contribution >= 0.6 is 23.3 Å². The average Bonchev–Trinajstić information content (AvgIpc) is 2.79. The molecule has 1 aromatic carbocycles. The van der Waals surface area contributed by atoms with E-state index in [-0.39, 0.29) is 0 Å². The molecule has 0 aliphatic heterocycles. The highest BCUT2D eigenvalue weighted by Crippen LogP contribution is 2.33. The molecular formula is C11H10N4S2. The topological polar surface area (TPSA) is 75.6 Å². The van der Waals surface area contributed by atoms with Gasteiger partial charge >= 0.3 is 0 Å². The summed E-state index contributed by atoms with van der Waals surface area (Å²) in [7, 11) is 0. The van der Waals surface area contributed by atoms with Crippen LogP contribution in [0.1, 0.15) is 18.3 Å². The number of nitrogens with two attached hydrogens (primary N) is 1. The quantitative estimate of drug-likeness (QED) is 0.861. The lowest BCUT2D eigenvalue weighted by atomic mass is 10.2. The summed E-state index contributed by atoms with van der Waals surface area (Å²) in [6.07, 6.45) is 0.833. The Balaban J connectivity index is 2.21. The van der Waals surface area contributed by atoms with E-state index >= 15 is 0 Å². The number of anilines is 1. The number of hydrogen-bond acceptors (Lipinski definition) is 6. The predicted molar refractivity (Wildman–Crippen MR) is 69.0 cm³/mol. The Labute approximate surface area is 108 Å². The number of rotatable bonds is 3. The SMILES string of the molecule is CCc1nsc(Sc2ccc(C#N)cc2N)n1. The highest BCUT2D eigenvalue weighted by atomic mass is 32.2. The minimum Gasteiger partial charge on any atom is -0.398 e. The van der Waals surface area contributed by atoms with Gasteiger partial charge in [0.1, 0.15) is 5.82 Å². The van der Waals surface area contributed by atoms with E-state index in [1.54, 1.807) is 12.1 Å². The minimum absolute atomic E-state index is 0.568. The third-order valence-corrected chi connectivity index (χ3v) is 3.98. The Bertz CT molecular complexity index is 571. The Morgan fingerprint density at radius 1 is 1.53 bits per heavy atom. The summed E-state index contributed by atoms with van der Waals surface area (Å²) in [5.74, 6) is 0.852. The van der Waals surface area contributed by atoms with Gasteiger partial charge in [-0.15, -0.1) is 0 Å². The summed E-state index contributed by atoms with van der Waals surface area (Å²) in [6.45, 7) is 2.02. The summed E-state index contributed by atoms with van der Waals surface area (Å²) in [5.41, 5.74) is 7.04. The minimum atomic E-state index is 0.568. The molecule has 0 atom stereocenters. The van der Waals surface area contributed by atoms with Crippen molar-refractivity contribution in [1.82, 2.24) is 9.36 Å². The number of nitrogen functional groups attached to an aromatic ring is 1. The number of aryl methyl sites for hydroxylation is 1. The van der Waals surface area contributed by atoms with Gasteiger partial charge in [0.25, 0.3) is 0 Å². The van der Waals surface area contributed by atoms with Crippen molar-refractivity contribution in [2.45, 2.75) is 22.6 Å². The van der Waals surface area contributed by atoms with E-state index < -0.39 is 0 Å². The fraction of sp³-hybridized carbons (Fsp3) is 0.182. The summed E-state index contributed by atoms with van der Waals surface area (Å²) < 4.78 is 5.08. The lowest BCUT2D eigenvalue weighted by Gasteiger charge is -2.02. The Morgan fingerprint density at radius 3 is 2.94 bits per heavy atom. The van der Waals surface area contributed by atoms with Gasteiger partial charge in [0.15, 0.2) is 4.34 Å². The number of aromatic nitrogens is 2. The largest absolute Gasteiger partial charge is 0.398 e. The van der Waals surface area contributed by atoms with E-state index in [1.165, 1.54) is 23.3 Å². The van der Waals surface area contributed by atoms with Crippen LogP contribution in [-0.4, -0.2) is 9.36 Å². The maximum atomic E-state index is 8.75. The van der Waals surface area contributed by atoms with Crippen LogP contribution in [-0.2, 0) is 6.42 Å². The van der Waals surface area contributed by atoms with Gasteiger partial charge in [-0.25, -0.2) is 4.98 Å². The second-order valence-corrected chi connectivity index (χ2v) is 5.34. The molecule has 1 heterocycles. The van der Waals surface area contributed by atoms with Crippen molar-refractivity contribution < 1.29 is 0 Å². The normalized spacial score (nSPS) is 10.1. The molecule has 0 radical (unpaired) electrons. The molecule has 0 amide bonds. The molecule has 0 saturated heterocycles. The molecule has 0 aliphatic rings. The zero-order chi connectivity index (χ0) is 12.3. The van der Waals surface area contributed by atoms with Crippen LogP contribution in [0.2, 0.25) is 0 Å². The molecule has 0 bridgehead atoms. The van der Waals surface area contributed by atoms with Crippen LogP contribution in [0.25, 0.3) is 0 Å². The van der Waals surface area contributed by atoms with Crippen molar-refractivity contribution >= 4 is 29.0 Å². The van der Waals surface area contributed by atoms with Crippen LogP contribution < -0.4 is 5.73 Å². The third kappa shape index (κ3) is 2.75.